The van der Waals surface area contributed by atoms with Crippen LogP contribution in [-0.4, -0.2) is 51.3 Å². The molecule has 0 aliphatic carbocycles. The number of thiazole rings is 1. The number of nitrogens with one attached hydrogen (secondary N) is 1. The van der Waals surface area contributed by atoms with Crippen LogP contribution in [0.25, 0.3) is 11.4 Å². The summed E-state index contributed by atoms with van der Waals surface area (Å²) in [5.74, 6) is 0.749. The largest absolute Gasteiger partial charge is 0.334 e. The Morgan fingerprint density at radius 1 is 1.35 bits per heavy atom. The molecule has 0 saturated carbocycles. The third kappa shape index (κ3) is 3.70. The SMILES string of the molecule is CN(C(=O)C(=O)Nc1nc(-c2ccccn2)cs1)[C@@H]1CCSC1. The number of carbonyl (C=O) groups excluding carboxylic acids is 2. The maximum atomic E-state index is 12.2. The van der Waals surface area contributed by atoms with Gasteiger partial charge in [0.15, 0.2) is 5.13 Å². The van der Waals surface area contributed by atoms with E-state index in [4.69, 9.17) is 0 Å². The molecule has 23 heavy (non-hydrogen) atoms. The average Bonchev–Trinajstić information content (AvgIpc) is 3.26. The van der Waals surface area contributed by atoms with Gasteiger partial charge in [-0.15, -0.1) is 11.3 Å². The predicted molar refractivity (Wildman–Crippen MR) is 92.5 cm³/mol. The van der Waals surface area contributed by atoms with E-state index >= 15 is 0 Å². The van der Waals surface area contributed by atoms with E-state index in [-0.39, 0.29) is 6.04 Å². The number of hydrogen-bond acceptors (Lipinski definition) is 6. The highest BCUT2D eigenvalue weighted by Gasteiger charge is 2.28. The number of nitrogens with zero attached hydrogens (tertiary/aromatic N) is 3. The summed E-state index contributed by atoms with van der Waals surface area (Å²) in [4.78, 5) is 34.3. The fraction of sp³-hybridized carbons (Fsp3) is 0.333. The third-order valence-corrected chi connectivity index (χ3v) is 5.52. The Morgan fingerprint density at radius 3 is 2.91 bits per heavy atom. The molecule has 1 fully saturated rings. The Bertz CT molecular complexity index is 699. The van der Waals surface area contributed by atoms with Crippen molar-refractivity contribution in [3.05, 3.63) is 29.8 Å². The molecule has 2 aromatic rings. The Labute approximate surface area is 142 Å². The zero-order valence-electron chi connectivity index (χ0n) is 12.6. The monoisotopic (exact) mass is 348 g/mol. The van der Waals surface area contributed by atoms with Crippen molar-refractivity contribution in [2.45, 2.75) is 12.5 Å². The van der Waals surface area contributed by atoms with E-state index in [1.807, 2.05) is 18.2 Å². The smallest absolute Gasteiger partial charge is 0.315 e. The number of aromatic nitrogens is 2. The minimum absolute atomic E-state index is 0.138. The third-order valence-electron chi connectivity index (χ3n) is 3.62. The van der Waals surface area contributed by atoms with E-state index in [0.717, 1.165) is 23.6 Å². The van der Waals surface area contributed by atoms with Gasteiger partial charge < -0.3 is 4.90 Å². The van der Waals surface area contributed by atoms with Gasteiger partial charge in [0.05, 0.1) is 5.69 Å². The molecule has 2 amide bonds. The number of anilines is 1. The summed E-state index contributed by atoms with van der Waals surface area (Å²) in [6.45, 7) is 0. The molecule has 120 valence electrons. The van der Waals surface area contributed by atoms with Crippen molar-refractivity contribution in [1.29, 1.82) is 0 Å². The molecular weight excluding hydrogens is 332 g/mol. The van der Waals surface area contributed by atoms with Crippen molar-refractivity contribution in [3.8, 4) is 11.4 Å². The Kier molecular flexibility index (Phi) is 4.92. The van der Waals surface area contributed by atoms with Crippen LogP contribution < -0.4 is 5.32 Å². The van der Waals surface area contributed by atoms with Gasteiger partial charge in [0.1, 0.15) is 5.69 Å². The molecule has 2 aromatic heterocycles. The van der Waals surface area contributed by atoms with Crippen LogP contribution in [0.2, 0.25) is 0 Å². The normalized spacial score (nSPS) is 17.0. The first-order valence-corrected chi connectivity index (χ1v) is 9.21. The maximum absolute atomic E-state index is 12.2. The van der Waals surface area contributed by atoms with Crippen molar-refractivity contribution < 1.29 is 9.59 Å². The molecule has 0 aromatic carbocycles. The van der Waals surface area contributed by atoms with Gasteiger partial charge in [-0.05, 0) is 24.3 Å². The van der Waals surface area contributed by atoms with Crippen molar-refractivity contribution in [2.75, 3.05) is 23.9 Å². The van der Waals surface area contributed by atoms with Gasteiger partial charge in [0, 0.05) is 30.4 Å². The van der Waals surface area contributed by atoms with E-state index < -0.39 is 11.8 Å². The molecule has 1 atom stereocenters. The van der Waals surface area contributed by atoms with E-state index in [2.05, 4.69) is 15.3 Å². The second kappa shape index (κ2) is 7.10. The second-order valence-corrected chi connectivity index (χ2v) is 7.15. The topological polar surface area (TPSA) is 75.2 Å². The number of carbonyl (C=O) groups is 2. The van der Waals surface area contributed by atoms with Crippen LogP contribution in [0.4, 0.5) is 5.13 Å². The highest BCUT2D eigenvalue weighted by Crippen LogP contribution is 2.24. The lowest BCUT2D eigenvalue weighted by molar-refractivity contribution is -0.143. The van der Waals surface area contributed by atoms with Crippen LogP contribution in [0.1, 0.15) is 6.42 Å². The fourth-order valence-corrected chi connectivity index (χ4v) is 4.23. The zero-order chi connectivity index (χ0) is 16.2. The highest BCUT2D eigenvalue weighted by atomic mass is 32.2. The molecule has 3 heterocycles. The number of rotatable bonds is 3. The Morgan fingerprint density at radius 2 is 2.22 bits per heavy atom. The quantitative estimate of drug-likeness (QED) is 0.860. The minimum atomic E-state index is -0.647. The number of pyridine rings is 1. The molecular formula is C15H16N4O2S2. The lowest BCUT2D eigenvalue weighted by atomic mass is 10.2. The van der Waals surface area contributed by atoms with Crippen LogP contribution in [0, 0.1) is 0 Å². The molecule has 6 nitrogen and oxygen atoms in total. The van der Waals surface area contributed by atoms with Crippen LogP contribution in [0.3, 0.4) is 0 Å². The van der Waals surface area contributed by atoms with Crippen LogP contribution >= 0.6 is 23.1 Å². The maximum Gasteiger partial charge on any atom is 0.315 e. The minimum Gasteiger partial charge on any atom is -0.334 e. The lowest BCUT2D eigenvalue weighted by Gasteiger charge is -2.22. The highest BCUT2D eigenvalue weighted by molar-refractivity contribution is 7.99. The molecule has 0 spiro atoms. The molecule has 1 N–H and O–H groups in total. The standard InChI is InChI=1S/C15H16N4O2S2/c1-19(10-5-7-22-8-10)14(21)13(20)18-15-17-12(9-23-15)11-4-2-3-6-16-11/h2-4,6,9-10H,5,7-8H2,1H3,(H,17,18,20)/t10-/m1/s1. The second-order valence-electron chi connectivity index (χ2n) is 5.14. The van der Waals surface area contributed by atoms with Crippen LogP contribution in [0.15, 0.2) is 29.8 Å². The lowest BCUT2D eigenvalue weighted by Crippen LogP contribution is -2.43. The predicted octanol–water partition coefficient (Wildman–Crippen LogP) is 2.11. The van der Waals surface area contributed by atoms with Crippen molar-refractivity contribution in [3.63, 3.8) is 0 Å². The number of likely N-dealkylation sites (N-methyl/N-ethyl adjacent to an activating group) is 1. The van der Waals surface area contributed by atoms with E-state index in [1.165, 1.54) is 16.2 Å². The number of amides is 2. The van der Waals surface area contributed by atoms with Gasteiger partial charge in [0.25, 0.3) is 0 Å². The molecule has 0 unspecified atom stereocenters. The summed E-state index contributed by atoms with van der Waals surface area (Å²) in [7, 11) is 1.68. The van der Waals surface area contributed by atoms with Gasteiger partial charge in [0.2, 0.25) is 0 Å². The summed E-state index contributed by atoms with van der Waals surface area (Å²) in [5.41, 5.74) is 1.41. The summed E-state index contributed by atoms with van der Waals surface area (Å²) < 4.78 is 0. The van der Waals surface area contributed by atoms with Gasteiger partial charge in [-0.2, -0.15) is 11.8 Å². The summed E-state index contributed by atoms with van der Waals surface area (Å²) in [6, 6.07) is 5.68. The first-order valence-electron chi connectivity index (χ1n) is 7.18. The number of hydrogen-bond donors (Lipinski definition) is 1. The zero-order valence-corrected chi connectivity index (χ0v) is 14.2. The molecule has 1 aliphatic rings. The van der Waals surface area contributed by atoms with Crippen LogP contribution in [0.5, 0.6) is 0 Å². The summed E-state index contributed by atoms with van der Waals surface area (Å²) in [5, 5.41) is 4.79. The van der Waals surface area contributed by atoms with Crippen molar-refractivity contribution in [1.82, 2.24) is 14.9 Å². The first kappa shape index (κ1) is 15.9. The molecule has 8 heteroatoms. The molecule has 0 radical (unpaired) electrons. The Balaban J connectivity index is 1.64. The van der Waals surface area contributed by atoms with Gasteiger partial charge >= 0.3 is 11.8 Å². The molecule has 1 aliphatic heterocycles. The summed E-state index contributed by atoms with van der Waals surface area (Å²) >= 11 is 3.08. The average molecular weight is 348 g/mol. The summed E-state index contributed by atoms with van der Waals surface area (Å²) in [6.07, 6.45) is 2.62. The fourth-order valence-electron chi connectivity index (χ4n) is 2.27. The van der Waals surface area contributed by atoms with E-state index in [1.54, 1.807) is 30.4 Å². The van der Waals surface area contributed by atoms with Gasteiger partial charge in [-0.25, -0.2) is 4.98 Å². The number of thioether (sulfide) groups is 1. The Hall–Kier alpha value is -1.93. The molecule has 0 bridgehead atoms. The molecule has 1 saturated heterocycles. The van der Waals surface area contributed by atoms with Crippen molar-refractivity contribution in [2.24, 2.45) is 0 Å². The van der Waals surface area contributed by atoms with Crippen molar-refractivity contribution >= 4 is 40.0 Å². The van der Waals surface area contributed by atoms with E-state index in [9.17, 15) is 9.59 Å². The van der Waals surface area contributed by atoms with Gasteiger partial charge in [-0.1, -0.05) is 6.07 Å². The van der Waals surface area contributed by atoms with Gasteiger partial charge in [-0.3, -0.25) is 19.9 Å². The van der Waals surface area contributed by atoms with E-state index in [0.29, 0.717) is 10.8 Å². The molecule has 3 rings (SSSR count). The first-order chi connectivity index (χ1) is 11.1. The van der Waals surface area contributed by atoms with Crippen LogP contribution in [-0.2, 0) is 9.59 Å².